The van der Waals surface area contributed by atoms with Crippen molar-refractivity contribution in [1.82, 2.24) is 9.13 Å². The molecule has 7 rings (SSSR count). The number of aliphatic carboxylic acids is 1. The Hall–Kier alpha value is -7.88. The number of ketones is 1. The number of nitrogens with one attached hydrogen (secondary N) is 1. The SMILES string of the molecule is CC(C)c1c(C(=O)Nc2ccccc2)c(-c2ccccc2)c(-c2ccc(F)cc2)n1CC[C@@H](O)C[C@@H](O)CC(=O)O.CCc1c(C(=O)C(N)=O)c2c(OCC(=O)OC)cccc2n1Cc1ccccc1. The molecule has 364 valence electrons. The number of ether oxygens (including phenoxy) is 2. The highest BCUT2D eigenvalue weighted by Gasteiger charge is 2.32. The summed E-state index contributed by atoms with van der Waals surface area (Å²) in [5.41, 5.74) is 12.8. The first-order valence-electron chi connectivity index (χ1n) is 22.9. The molecule has 0 aliphatic heterocycles. The van der Waals surface area contributed by atoms with Crippen LogP contribution < -0.4 is 15.8 Å². The molecule has 0 bridgehead atoms. The molecule has 0 unspecified atom stereocenters. The molecule has 2 amide bonds. The van der Waals surface area contributed by atoms with Gasteiger partial charge in [-0.3, -0.25) is 19.2 Å². The van der Waals surface area contributed by atoms with E-state index in [0.29, 0.717) is 57.9 Å². The van der Waals surface area contributed by atoms with E-state index in [1.54, 1.807) is 24.3 Å². The van der Waals surface area contributed by atoms with Crippen LogP contribution in [0.4, 0.5) is 10.1 Å². The molecule has 0 aliphatic carbocycles. The van der Waals surface area contributed by atoms with Crippen LogP contribution in [0.1, 0.15) is 83.6 Å². The zero-order valence-corrected chi connectivity index (χ0v) is 39.4. The molecule has 0 aliphatic rings. The fraction of sp³-hybridized carbons (Fsp3) is 0.255. The number of carbonyl (C=O) groups is 5. The van der Waals surface area contributed by atoms with E-state index < -0.39 is 42.3 Å². The van der Waals surface area contributed by atoms with E-state index in [-0.39, 0.29) is 49.2 Å². The number of amides is 2. The van der Waals surface area contributed by atoms with E-state index in [9.17, 15) is 38.6 Å². The van der Waals surface area contributed by atoms with Gasteiger partial charge in [-0.15, -0.1) is 0 Å². The number of rotatable bonds is 20. The highest BCUT2D eigenvalue weighted by molar-refractivity contribution is 6.45. The second-order valence-electron chi connectivity index (χ2n) is 16.9. The van der Waals surface area contributed by atoms with Gasteiger partial charge in [-0.25, -0.2) is 9.18 Å². The van der Waals surface area contributed by atoms with E-state index in [1.165, 1.54) is 19.2 Å². The van der Waals surface area contributed by atoms with Crippen molar-refractivity contribution in [2.24, 2.45) is 5.73 Å². The van der Waals surface area contributed by atoms with Gasteiger partial charge < -0.3 is 45.0 Å². The number of hydrogen-bond acceptors (Lipinski definition) is 9. The van der Waals surface area contributed by atoms with Gasteiger partial charge in [0.25, 0.3) is 17.6 Å². The lowest BCUT2D eigenvalue weighted by Gasteiger charge is -2.20. The monoisotopic (exact) mass is 952 g/mol. The van der Waals surface area contributed by atoms with E-state index in [4.69, 9.17) is 15.6 Å². The third-order valence-corrected chi connectivity index (χ3v) is 11.6. The maximum atomic E-state index is 14.0. The number of hydrogen-bond donors (Lipinski definition) is 5. The van der Waals surface area contributed by atoms with Gasteiger partial charge in [0.05, 0.1) is 53.5 Å². The number of aromatic nitrogens is 2. The van der Waals surface area contributed by atoms with E-state index in [2.05, 4.69) is 10.1 Å². The Morgan fingerprint density at radius 1 is 0.757 bits per heavy atom. The highest BCUT2D eigenvalue weighted by Crippen LogP contribution is 2.43. The molecule has 7 aromatic rings. The van der Waals surface area contributed by atoms with Gasteiger partial charge in [-0.2, -0.15) is 0 Å². The number of primary amides is 1. The summed E-state index contributed by atoms with van der Waals surface area (Å²) in [7, 11) is 1.26. The largest absolute Gasteiger partial charge is 0.481 e. The fourth-order valence-electron chi connectivity index (χ4n) is 8.62. The number of carboxylic acids is 1. The lowest BCUT2D eigenvalue weighted by atomic mass is 9.94. The Kier molecular flexibility index (Phi) is 17.6. The number of anilines is 1. The van der Waals surface area contributed by atoms with Crippen molar-refractivity contribution in [3.05, 3.63) is 167 Å². The number of nitrogens with zero attached hydrogens (tertiary/aromatic N) is 2. The molecule has 2 atom stereocenters. The minimum absolute atomic E-state index is 0.0939. The van der Waals surface area contributed by atoms with Crippen molar-refractivity contribution in [1.29, 1.82) is 0 Å². The van der Waals surface area contributed by atoms with E-state index in [0.717, 1.165) is 22.3 Å². The Balaban J connectivity index is 0.000000244. The van der Waals surface area contributed by atoms with Gasteiger partial charge in [0.2, 0.25) is 0 Å². The summed E-state index contributed by atoms with van der Waals surface area (Å²) >= 11 is 0. The van der Waals surface area contributed by atoms with Crippen LogP contribution in [0.3, 0.4) is 0 Å². The number of esters is 1. The Bertz CT molecular complexity index is 2930. The number of carbonyl (C=O) groups excluding carboxylic acids is 4. The van der Waals surface area contributed by atoms with Gasteiger partial charge >= 0.3 is 11.9 Å². The van der Waals surface area contributed by atoms with Crippen molar-refractivity contribution in [2.45, 2.75) is 77.7 Å². The Morgan fingerprint density at radius 2 is 1.39 bits per heavy atom. The standard InChI is InChI=1S/C33H35FN2O5.C22H22N2O5/c1-21(2)31-30(33(41)35-25-11-7-4-8-12-25)29(22-9-5-3-6-10-22)32(23-13-15-24(34)16-14-23)36(31)18-17-26(37)19-27(38)20-28(39)40;1-3-15-20(21(26)22(23)27)19-16(24(15)12-14-8-5-4-6-9-14)10-7-11-17(19)29-13-18(25)28-2/h3-16,21,26-27,37-38H,17-20H2,1-2H3,(H,35,41)(H,39,40);4-11H,3,12-13H2,1-2H3,(H2,23,27)/t26-,27-;/m1./s1. The van der Waals surface area contributed by atoms with Crippen molar-refractivity contribution < 1.29 is 53.2 Å². The van der Waals surface area contributed by atoms with Crippen LogP contribution in [0.15, 0.2) is 133 Å². The molecule has 14 nitrogen and oxygen atoms in total. The van der Waals surface area contributed by atoms with E-state index >= 15 is 0 Å². The van der Waals surface area contributed by atoms with Crippen LogP contribution >= 0.6 is 0 Å². The predicted octanol–water partition coefficient (Wildman–Crippen LogP) is 8.79. The Morgan fingerprint density at radius 3 is 1.97 bits per heavy atom. The third kappa shape index (κ3) is 12.4. The lowest BCUT2D eigenvalue weighted by molar-refractivity contribution is -0.143. The molecule has 0 saturated carbocycles. The topological polar surface area (TPSA) is 212 Å². The summed E-state index contributed by atoms with van der Waals surface area (Å²) in [4.78, 5) is 61.0. The fourth-order valence-corrected chi connectivity index (χ4v) is 8.62. The smallest absolute Gasteiger partial charge is 0.343 e. The van der Waals surface area contributed by atoms with Crippen LogP contribution in [0, 0.1) is 5.82 Å². The summed E-state index contributed by atoms with van der Waals surface area (Å²) in [5, 5.41) is 33.2. The van der Waals surface area contributed by atoms with Crippen LogP contribution in [0.5, 0.6) is 5.75 Å². The molecule has 15 heteroatoms. The van der Waals surface area contributed by atoms with Crippen molar-refractivity contribution >= 4 is 46.1 Å². The zero-order valence-electron chi connectivity index (χ0n) is 39.4. The summed E-state index contributed by atoms with van der Waals surface area (Å²) in [6.45, 7) is 6.35. The number of carboxylic acid groups (broad SMARTS) is 1. The number of nitrogens with two attached hydrogens (primary N) is 1. The zero-order chi connectivity index (χ0) is 50.5. The van der Waals surface area contributed by atoms with Crippen LogP contribution in [-0.4, -0.2) is 79.9 Å². The van der Waals surface area contributed by atoms with Crippen LogP contribution in [-0.2, 0) is 38.6 Å². The maximum absolute atomic E-state index is 14.0. The molecule has 0 fully saturated rings. The maximum Gasteiger partial charge on any atom is 0.343 e. The lowest BCUT2D eigenvalue weighted by Crippen LogP contribution is -2.24. The van der Waals surface area contributed by atoms with Crippen molar-refractivity contribution in [3.63, 3.8) is 0 Å². The number of aliphatic hydroxyl groups is 2. The quantitative estimate of drug-likeness (QED) is 0.0278. The molecule has 0 spiro atoms. The molecule has 2 aromatic heterocycles. The number of fused-ring (bicyclic) bond motifs is 1. The van der Waals surface area contributed by atoms with Gasteiger partial charge in [-0.05, 0) is 90.4 Å². The summed E-state index contributed by atoms with van der Waals surface area (Å²) in [5.74, 6) is -3.99. The normalized spacial score (nSPS) is 11.9. The summed E-state index contributed by atoms with van der Waals surface area (Å²) in [6.07, 6.45) is -2.00. The Labute approximate surface area is 405 Å². The van der Waals surface area contributed by atoms with Gasteiger partial charge in [0.15, 0.2) is 6.61 Å². The van der Waals surface area contributed by atoms with Crippen LogP contribution in [0.2, 0.25) is 0 Å². The molecule has 6 N–H and O–H groups in total. The number of aliphatic hydroxyl groups excluding tert-OH is 2. The second kappa shape index (κ2) is 23.9. The van der Waals surface area contributed by atoms with E-state index in [1.807, 2.05) is 127 Å². The number of methoxy groups -OCH3 is 1. The summed E-state index contributed by atoms with van der Waals surface area (Å²) < 4.78 is 28.2. The predicted molar refractivity (Wildman–Crippen MR) is 265 cm³/mol. The first-order valence-corrected chi connectivity index (χ1v) is 22.9. The molecule has 2 heterocycles. The molecule has 5 aromatic carbocycles. The van der Waals surface area contributed by atoms with Crippen molar-refractivity contribution in [2.75, 3.05) is 19.0 Å². The first kappa shape index (κ1) is 51.5. The number of halogens is 1. The molecule has 0 radical (unpaired) electrons. The van der Waals surface area contributed by atoms with Crippen molar-refractivity contribution in [3.8, 4) is 28.1 Å². The third-order valence-electron chi connectivity index (χ3n) is 11.6. The molecule has 70 heavy (non-hydrogen) atoms. The first-order chi connectivity index (χ1) is 33.6. The number of Topliss-reactive ketones (excluding diaryl/α,β-unsaturated/α-hetero) is 1. The van der Waals surface area contributed by atoms with Gasteiger partial charge in [0, 0.05) is 35.7 Å². The highest BCUT2D eigenvalue weighted by atomic mass is 19.1. The van der Waals surface area contributed by atoms with Crippen LogP contribution in [0.25, 0.3) is 33.3 Å². The summed E-state index contributed by atoms with van der Waals surface area (Å²) in [6, 6.07) is 39.8. The minimum atomic E-state index is -1.18. The number of para-hydroxylation sites is 1. The van der Waals surface area contributed by atoms with Gasteiger partial charge in [-0.1, -0.05) is 106 Å². The average Bonchev–Trinajstić information content (AvgIpc) is 3.86. The molecular formula is C55H57FN4O10. The number of benzene rings is 5. The second-order valence-corrected chi connectivity index (χ2v) is 16.9. The average molecular weight is 953 g/mol. The van der Waals surface area contributed by atoms with Gasteiger partial charge in [0.1, 0.15) is 11.6 Å². The molecule has 0 saturated heterocycles. The molecular weight excluding hydrogens is 896 g/mol. The minimum Gasteiger partial charge on any atom is -0.481 e.